The number of carbonyl (C=O) groups excluding carboxylic acids is 1. The Balaban J connectivity index is 2.38. The number of hydrogen-bond donors (Lipinski definition) is 1. The molecule has 0 aliphatic carbocycles. The van der Waals surface area contributed by atoms with Crippen molar-refractivity contribution in [1.82, 2.24) is 0 Å². The highest BCUT2D eigenvalue weighted by atomic mass is 16.6. The molecule has 0 aromatic rings. The molecule has 1 fully saturated rings. The van der Waals surface area contributed by atoms with Crippen molar-refractivity contribution in [3.8, 4) is 0 Å². The van der Waals surface area contributed by atoms with Crippen LogP contribution in [-0.4, -0.2) is 30.7 Å². The van der Waals surface area contributed by atoms with E-state index in [2.05, 4.69) is 4.99 Å². The topological polar surface area (TPSA) is 73.9 Å². The molecule has 0 bridgehead atoms. The molecule has 1 atom stereocenters. The molecule has 0 radical (unpaired) electrons. The quantitative estimate of drug-likeness (QED) is 0.558. The summed E-state index contributed by atoms with van der Waals surface area (Å²) in [5.41, 5.74) is 4.01. The Hall–Kier alpha value is -1.10. The minimum Gasteiger partial charge on any atom is -0.445 e. The molecule has 2 N–H and O–H groups in total. The molecule has 1 amide bonds. The molecule has 2 aliphatic rings. The Morgan fingerprint density at radius 3 is 2.54 bits per heavy atom. The van der Waals surface area contributed by atoms with Gasteiger partial charge < -0.3 is 15.2 Å². The summed E-state index contributed by atoms with van der Waals surface area (Å²) in [7, 11) is 0. The maximum atomic E-state index is 11.6. The van der Waals surface area contributed by atoms with Crippen LogP contribution in [-0.2, 0) is 14.3 Å². The average molecular weight is 184 g/mol. The number of aliphatic imine (C=N–C) groups is 1. The lowest BCUT2D eigenvalue weighted by Gasteiger charge is -2.31. The van der Waals surface area contributed by atoms with E-state index in [0.29, 0.717) is 6.61 Å². The summed E-state index contributed by atoms with van der Waals surface area (Å²) in [5.74, 6) is -0.326. The van der Waals surface area contributed by atoms with Gasteiger partial charge in [-0.15, -0.1) is 0 Å². The van der Waals surface area contributed by atoms with E-state index in [1.54, 1.807) is 0 Å². The molecule has 13 heavy (non-hydrogen) atoms. The molecule has 0 aromatic carbocycles. The molecule has 0 saturated carbocycles. The lowest BCUT2D eigenvalue weighted by molar-refractivity contribution is -0.137. The number of nitrogens with zero attached hydrogens (tertiary/aromatic N) is 1. The molecule has 2 aliphatic heterocycles. The fraction of sp³-hybridized carbons (Fsp3) is 0.750. The van der Waals surface area contributed by atoms with Gasteiger partial charge in [-0.05, 0) is 0 Å². The Labute approximate surface area is 75.9 Å². The van der Waals surface area contributed by atoms with Crippen LogP contribution in [0.1, 0.15) is 13.8 Å². The molecule has 5 heteroatoms. The van der Waals surface area contributed by atoms with Crippen LogP contribution in [0.5, 0.6) is 0 Å². The van der Waals surface area contributed by atoms with Gasteiger partial charge in [0.15, 0.2) is 0 Å². The molecule has 5 nitrogen and oxygen atoms in total. The van der Waals surface area contributed by atoms with Crippen molar-refractivity contribution >= 4 is 11.9 Å². The minimum absolute atomic E-state index is 0.0522. The first-order valence-electron chi connectivity index (χ1n) is 4.13. The Morgan fingerprint density at radius 2 is 2.15 bits per heavy atom. The fourth-order valence-electron chi connectivity index (χ4n) is 1.72. The second-order valence-corrected chi connectivity index (χ2v) is 4.06. The van der Waals surface area contributed by atoms with Crippen molar-refractivity contribution in [2.24, 2.45) is 16.1 Å². The summed E-state index contributed by atoms with van der Waals surface area (Å²) in [5, 5.41) is 0. The summed E-state index contributed by atoms with van der Waals surface area (Å²) >= 11 is 0. The predicted molar refractivity (Wildman–Crippen MR) is 45.0 cm³/mol. The first kappa shape index (κ1) is 8.50. The third-order valence-electron chi connectivity index (χ3n) is 2.70. The van der Waals surface area contributed by atoms with Gasteiger partial charge in [-0.25, -0.2) is 0 Å². The minimum atomic E-state index is -0.975. The van der Waals surface area contributed by atoms with E-state index < -0.39 is 5.60 Å². The van der Waals surface area contributed by atoms with Crippen LogP contribution >= 0.6 is 0 Å². The van der Waals surface area contributed by atoms with Crippen molar-refractivity contribution in [2.45, 2.75) is 19.4 Å². The van der Waals surface area contributed by atoms with Gasteiger partial charge in [0.25, 0.3) is 11.9 Å². The van der Waals surface area contributed by atoms with Crippen LogP contribution in [0.25, 0.3) is 0 Å². The zero-order valence-corrected chi connectivity index (χ0v) is 7.66. The van der Waals surface area contributed by atoms with Crippen LogP contribution in [0, 0.1) is 5.41 Å². The Morgan fingerprint density at radius 1 is 1.46 bits per heavy atom. The monoisotopic (exact) mass is 184 g/mol. The third kappa shape index (κ3) is 0.904. The van der Waals surface area contributed by atoms with Gasteiger partial charge in [0.2, 0.25) is 5.60 Å². The molecule has 1 unspecified atom stereocenters. The van der Waals surface area contributed by atoms with Crippen molar-refractivity contribution in [1.29, 1.82) is 0 Å². The molecular formula is C8H12N2O3. The lowest BCUT2D eigenvalue weighted by atomic mass is 9.77. The van der Waals surface area contributed by atoms with Gasteiger partial charge in [0, 0.05) is 5.41 Å². The smallest absolute Gasteiger partial charge is 0.297 e. The van der Waals surface area contributed by atoms with E-state index >= 15 is 0 Å². The van der Waals surface area contributed by atoms with E-state index in [0.717, 1.165) is 0 Å². The second kappa shape index (κ2) is 2.23. The molecular weight excluding hydrogens is 172 g/mol. The Kier molecular flexibility index (Phi) is 1.46. The number of ether oxygens (including phenoxy) is 2. The van der Waals surface area contributed by atoms with Crippen LogP contribution in [0.15, 0.2) is 4.99 Å². The van der Waals surface area contributed by atoms with Gasteiger partial charge in [0.05, 0.1) is 13.2 Å². The predicted octanol–water partition coefficient (Wildman–Crippen LogP) is -0.347. The fourth-order valence-corrected chi connectivity index (χ4v) is 1.72. The number of amidine groups is 1. The summed E-state index contributed by atoms with van der Waals surface area (Å²) in [6.45, 7) is 4.54. The van der Waals surface area contributed by atoms with Crippen LogP contribution in [0.4, 0.5) is 0 Å². The van der Waals surface area contributed by atoms with Gasteiger partial charge in [-0.2, -0.15) is 4.99 Å². The molecule has 0 aromatic heterocycles. The van der Waals surface area contributed by atoms with E-state index in [4.69, 9.17) is 15.2 Å². The normalized spacial score (nSPS) is 36.5. The van der Waals surface area contributed by atoms with Crippen molar-refractivity contribution in [3.05, 3.63) is 0 Å². The molecule has 72 valence electrons. The second-order valence-electron chi connectivity index (χ2n) is 4.06. The highest BCUT2D eigenvalue weighted by Gasteiger charge is 2.61. The van der Waals surface area contributed by atoms with E-state index in [1.165, 1.54) is 0 Å². The number of rotatable bonds is 0. The summed E-state index contributed by atoms with van der Waals surface area (Å²) in [6, 6.07) is -0.0522. The average Bonchev–Trinajstić information content (AvgIpc) is 2.40. The molecule has 2 heterocycles. The largest absolute Gasteiger partial charge is 0.445 e. The molecule has 2 rings (SSSR count). The summed E-state index contributed by atoms with van der Waals surface area (Å²) in [4.78, 5) is 15.1. The van der Waals surface area contributed by atoms with Crippen molar-refractivity contribution in [3.63, 3.8) is 0 Å². The van der Waals surface area contributed by atoms with Crippen molar-refractivity contribution in [2.75, 3.05) is 13.2 Å². The first-order valence-corrected chi connectivity index (χ1v) is 4.13. The molecule has 1 spiro atoms. The number of nitrogens with two attached hydrogens (primary N) is 1. The number of amides is 1. The lowest BCUT2D eigenvalue weighted by Crippen LogP contribution is -2.50. The van der Waals surface area contributed by atoms with Gasteiger partial charge in [-0.3, -0.25) is 4.79 Å². The van der Waals surface area contributed by atoms with Crippen LogP contribution in [0.2, 0.25) is 0 Å². The van der Waals surface area contributed by atoms with Crippen LogP contribution < -0.4 is 5.73 Å². The van der Waals surface area contributed by atoms with Gasteiger partial charge in [0.1, 0.15) is 0 Å². The highest BCUT2D eigenvalue weighted by molar-refractivity contribution is 6.01. The zero-order chi connectivity index (χ0) is 9.69. The standard InChI is InChI=1S/C8H12N2O3/c1-7(2)3-12-4-8(7)5(11)10-6(9)13-8/h3-4H2,1-2H3,(H2,9,10,11). The van der Waals surface area contributed by atoms with Gasteiger partial charge >= 0.3 is 0 Å². The van der Waals surface area contributed by atoms with Crippen molar-refractivity contribution < 1.29 is 14.3 Å². The third-order valence-corrected chi connectivity index (χ3v) is 2.70. The van der Waals surface area contributed by atoms with Gasteiger partial charge in [-0.1, -0.05) is 13.8 Å². The summed E-state index contributed by atoms with van der Waals surface area (Å²) < 4.78 is 10.5. The SMILES string of the molecule is CC1(C)COCC12OC(N)=NC2=O. The summed E-state index contributed by atoms with van der Waals surface area (Å²) in [6.07, 6.45) is 0. The Bertz CT molecular complexity index is 298. The van der Waals surface area contributed by atoms with E-state index in [9.17, 15) is 4.79 Å². The maximum Gasteiger partial charge on any atom is 0.297 e. The number of hydrogen-bond acceptors (Lipinski definition) is 4. The van der Waals surface area contributed by atoms with Crippen LogP contribution in [0.3, 0.4) is 0 Å². The zero-order valence-electron chi connectivity index (χ0n) is 7.66. The number of carbonyl (C=O) groups is 1. The highest BCUT2D eigenvalue weighted by Crippen LogP contribution is 2.43. The first-order chi connectivity index (χ1) is 5.98. The maximum absolute atomic E-state index is 11.6. The van der Waals surface area contributed by atoms with E-state index in [1.807, 2.05) is 13.8 Å². The van der Waals surface area contributed by atoms with E-state index in [-0.39, 0.29) is 24.0 Å². The molecule has 1 saturated heterocycles.